The number of ketones is 1. The maximum atomic E-state index is 13.4. The monoisotopic (exact) mass is 487 g/mol. The van der Waals surface area contributed by atoms with E-state index < -0.39 is 18.4 Å². The van der Waals surface area contributed by atoms with Crippen molar-refractivity contribution in [2.75, 3.05) is 6.61 Å². The lowest BCUT2D eigenvalue weighted by Gasteiger charge is -2.01. The van der Waals surface area contributed by atoms with Crippen molar-refractivity contribution in [3.63, 3.8) is 0 Å². The van der Waals surface area contributed by atoms with E-state index in [1.165, 1.54) is 37.3 Å². The summed E-state index contributed by atoms with van der Waals surface area (Å²) in [6, 6.07) is 18.3. The van der Waals surface area contributed by atoms with E-state index in [1.807, 2.05) is 30.3 Å². The Morgan fingerprint density at radius 2 is 1.81 bits per heavy atom. The minimum atomic E-state index is -0.731. The Hall–Kier alpha value is -4.79. The molecule has 0 unspecified atom stereocenters. The average molecular weight is 487 g/mol. The predicted molar refractivity (Wildman–Crippen MR) is 130 cm³/mol. The first kappa shape index (κ1) is 24.3. The molecule has 4 rings (SSSR count). The van der Waals surface area contributed by atoms with Crippen LogP contribution in [0.1, 0.15) is 28.8 Å². The molecule has 9 heteroatoms. The third-order valence-corrected chi connectivity index (χ3v) is 5.07. The number of esters is 1. The maximum Gasteiger partial charge on any atom is 0.331 e. The molecule has 0 aliphatic carbocycles. The molecular formula is C27H22FN3O5. The molecule has 0 saturated heterocycles. The van der Waals surface area contributed by atoms with Crippen LogP contribution in [0.15, 0.2) is 83.4 Å². The first-order valence-electron chi connectivity index (χ1n) is 11.0. The highest BCUT2D eigenvalue weighted by molar-refractivity contribution is 5.97. The lowest BCUT2D eigenvalue weighted by molar-refractivity contribution is -0.136. The molecule has 0 aliphatic heterocycles. The number of carbonyl (C=O) groups excluding carboxylic acids is 3. The molecule has 0 atom stereocenters. The van der Waals surface area contributed by atoms with E-state index in [1.54, 1.807) is 29.1 Å². The number of hydrogen-bond donors (Lipinski definition) is 1. The van der Waals surface area contributed by atoms with E-state index in [-0.39, 0.29) is 24.0 Å². The van der Waals surface area contributed by atoms with Gasteiger partial charge in [-0.3, -0.25) is 9.59 Å². The third kappa shape index (κ3) is 6.20. The van der Waals surface area contributed by atoms with Crippen molar-refractivity contribution in [3.05, 3.63) is 102 Å². The van der Waals surface area contributed by atoms with Gasteiger partial charge in [0.15, 0.2) is 12.4 Å². The summed E-state index contributed by atoms with van der Waals surface area (Å²) in [5.74, 6) is -1.42. The minimum Gasteiger partial charge on any atom is -0.456 e. The molecule has 0 aliphatic rings. The Labute approximate surface area is 206 Å². The fourth-order valence-electron chi connectivity index (χ4n) is 3.30. The molecule has 1 amide bonds. The standard InChI is InChI=1S/C27H22FN3O5/c1-18(32)29-15-23-12-13-25(36-23)24(33)17-35-26(34)14-9-20-16-31(22-5-3-2-4-6-22)30-27(20)19-7-10-21(28)11-8-19/h2-14,16H,15,17H2,1H3,(H,29,32)/b14-9+. The zero-order valence-corrected chi connectivity index (χ0v) is 19.3. The second kappa shape index (κ2) is 11.1. The summed E-state index contributed by atoms with van der Waals surface area (Å²) in [7, 11) is 0. The highest BCUT2D eigenvalue weighted by Gasteiger charge is 2.15. The van der Waals surface area contributed by atoms with E-state index >= 15 is 0 Å². The number of furan rings is 1. The van der Waals surface area contributed by atoms with Crippen molar-refractivity contribution in [1.82, 2.24) is 15.1 Å². The Morgan fingerprint density at radius 3 is 2.53 bits per heavy atom. The van der Waals surface area contributed by atoms with Gasteiger partial charge in [0.1, 0.15) is 11.6 Å². The van der Waals surface area contributed by atoms with Gasteiger partial charge < -0.3 is 14.5 Å². The molecule has 0 bridgehead atoms. The number of Topliss-reactive ketones (excluding diaryl/α,β-unsaturated/α-hetero) is 1. The molecule has 0 spiro atoms. The van der Waals surface area contributed by atoms with Crippen molar-refractivity contribution in [3.8, 4) is 16.9 Å². The number of halogens is 1. The second-order valence-corrected chi connectivity index (χ2v) is 7.76. The van der Waals surface area contributed by atoms with Crippen molar-refractivity contribution < 1.29 is 27.9 Å². The van der Waals surface area contributed by atoms with Crippen LogP contribution < -0.4 is 5.32 Å². The first-order valence-corrected chi connectivity index (χ1v) is 11.0. The quantitative estimate of drug-likeness (QED) is 0.214. The van der Waals surface area contributed by atoms with Gasteiger partial charge in [-0.2, -0.15) is 5.10 Å². The smallest absolute Gasteiger partial charge is 0.331 e. The van der Waals surface area contributed by atoms with Crippen molar-refractivity contribution >= 4 is 23.7 Å². The Kier molecular flexibility index (Phi) is 7.50. The summed E-state index contributed by atoms with van der Waals surface area (Å²) in [6.45, 7) is 1.01. The van der Waals surface area contributed by atoms with Crippen LogP contribution in [0.2, 0.25) is 0 Å². The maximum absolute atomic E-state index is 13.4. The summed E-state index contributed by atoms with van der Waals surface area (Å²) < 4.78 is 25.5. The van der Waals surface area contributed by atoms with E-state index in [2.05, 4.69) is 10.4 Å². The van der Waals surface area contributed by atoms with E-state index in [0.29, 0.717) is 22.6 Å². The topological polar surface area (TPSA) is 103 Å². The molecule has 2 aromatic carbocycles. The van der Waals surface area contributed by atoms with Gasteiger partial charge in [0.2, 0.25) is 11.7 Å². The molecule has 2 heterocycles. The summed E-state index contributed by atoms with van der Waals surface area (Å²) >= 11 is 0. The van der Waals surface area contributed by atoms with Gasteiger partial charge in [-0.25, -0.2) is 13.9 Å². The Balaban J connectivity index is 1.45. The predicted octanol–water partition coefficient (Wildman–Crippen LogP) is 4.35. The van der Waals surface area contributed by atoms with Gasteiger partial charge in [-0.15, -0.1) is 0 Å². The van der Waals surface area contributed by atoms with Crippen molar-refractivity contribution in [2.45, 2.75) is 13.5 Å². The largest absolute Gasteiger partial charge is 0.456 e. The number of ether oxygens (including phenoxy) is 1. The van der Waals surface area contributed by atoms with E-state index in [9.17, 15) is 18.8 Å². The number of rotatable bonds is 9. The van der Waals surface area contributed by atoms with E-state index in [0.717, 1.165) is 5.69 Å². The van der Waals surface area contributed by atoms with Gasteiger partial charge in [0.25, 0.3) is 0 Å². The SMILES string of the molecule is CC(=O)NCc1ccc(C(=O)COC(=O)/C=C/c2cn(-c3ccccc3)nc2-c2ccc(F)cc2)o1. The van der Waals surface area contributed by atoms with Gasteiger partial charge in [-0.05, 0) is 54.6 Å². The van der Waals surface area contributed by atoms with Crippen LogP contribution in [-0.2, 0) is 20.9 Å². The number of benzene rings is 2. The molecule has 2 aromatic heterocycles. The molecular weight excluding hydrogens is 465 g/mol. The number of para-hydroxylation sites is 1. The summed E-state index contributed by atoms with van der Waals surface area (Å²) in [6.07, 6.45) is 4.45. The number of hydrogen-bond acceptors (Lipinski definition) is 6. The first-order chi connectivity index (χ1) is 17.4. The fraction of sp³-hybridized carbons (Fsp3) is 0.111. The summed E-state index contributed by atoms with van der Waals surface area (Å²) in [5, 5.41) is 7.16. The molecule has 182 valence electrons. The van der Waals surface area contributed by atoms with Crippen LogP contribution in [0.3, 0.4) is 0 Å². The van der Waals surface area contributed by atoms with Crippen molar-refractivity contribution in [2.24, 2.45) is 0 Å². The molecule has 8 nitrogen and oxygen atoms in total. The molecule has 0 radical (unpaired) electrons. The van der Waals surface area contributed by atoms with E-state index in [4.69, 9.17) is 9.15 Å². The highest BCUT2D eigenvalue weighted by Crippen LogP contribution is 2.25. The van der Waals surface area contributed by atoms with Crippen LogP contribution in [0.5, 0.6) is 0 Å². The Bertz CT molecular complexity index is 1400. The number of nitrogens with one attached hydrogen (secondary N) is 1. The summed E-state index contributed by atoms with van der Waals surface area (Å²) in [4.78, 5) is 35.5. The third-order valence-electron chi connectivity index (χ3n) is 5.07. The Morgan fingerprint density at radius 1 is 1.06 bits per heavy atom. The summed E-state index contributed by atoms with van der Waals surface area (Å²) in [5.41, 5.74) is 2.62. The van der Waals surface area contributed by atoms with Crippen LogP contribution in [-0.4, -0.2) is 34.0 Å². The molecule has 0 saturated carbocycles. The van der Waals surface area contributed by atoms with Crippen LogP contribution >= 0.6 is 0 Å². The number of amides is 1. The van der Waals surface area contributed by atoms with Gasteiger partial charge in [0.05, 0.1) is 17.9 Å². The fourth-order valence-corrected chi connectivity index (χ4v) is 3.30. The van der Waals surface area contributed by atoms with Gasteiger partial charge in [-0.1, -0.05) is 18.2 Å². The molecule has 4 aromatic rings. The number of nitrogens with zero attached hydrogens (tertiary/aromatic N) is 2. The second-order valence-electron chi connectivity index (χ2n) is 7.76. The van der Waals surface area contributed by atoms with Gasteiger partial charge >= 0.3 is 5.97 Å². The van der Waals surface area contributed by atoms with Crippen LogP contribution in [0.25, 0.3) is 23.0 Å². The van der Waals surface area contributed by atoms with Crippen LogP contribution in [0, 0.1) is 5.82 Å². The van der Waals surface area contributed by atoms with Crippen molar-refractivity contribution in [1.29, 1.82) is 0 Å². The molecule has 0 fully saturated rings. The number of carbonyl (C=O) groups is 3. The zero-order chi connectivity index (χ0) is 25.5. The minimum absolute atomic E-state index is 0.0230. The molecule has 1 N–H and O–H groups in total. The highest BCUT2D eigenvalue weighted by atomic mass is 19.1. The normalized spacial score (nSPS) is 10.9. The zero-order valence-electron chi connectivity index (χ0n) is 19.3. The molecule has 36 heavy (non-hydrogen) atoms. The average Bonchev–Trinajstić information content (AvgIpc) is 3.53. The van der Waals surface area contributed by atoms with Crippen LogP contribution in [0.4, 0.5) is 4.39 Å². The lowest BCUT2D eigenvalue weighted by atomic mass is 10.1. The number of aromatic nitrogens is 2. The lowest BCUT2D eigenvalue weighted by Crippen LogP contribution is -2.18. The van der Waals surface area contributed by atoms with Gasteiger partial charge in [0, 0.05) is 30.3 Å².